The van der Waals surface area contributed by atoms with E-state index >= 15 is 0 Å². The first-order chi connectivity index (χ1) is 9.83. The van der Waals surface area contributed by atoms with Crippen molar-refractivity contribution in [3.05, 3.63) is 51.5 Å². The number of sulfonamides is 1. The molecule has 0 aliphatic carbocycles. The van der Waals surface area contributed by atoms with Crippen LogP contribution in [0.1, 0.15) is 12.5 Å². The van der Waals surface area contributed by atoms with Crippen molar-refractivity contribution in [3.8, 4) is 0 Å². The Morgan fingerprint density at radius 2 is 1.95 bits per heavy atom. The Bertz CT molecular complexity index is 779. The summed E-state index contributed by atoms with van der Waals surface area (Å²) in [5, 5.41) is 0.441. The lowest BCUT2D eigenvalue weighted by molar-refractivity contribution is 0.601. The second-order valence-corrected chi connectivity index (χ2v) is 7.42. The van der Waals surface area contributed by atoms with Gasteiger partial charge in [0.1, 0.15) is 0 Å². The minimum Gasteiger partial charge on any atom is -0.398 e. The second-order valence-electron chi connectivity index (χ2n) is 4.44. The summed E-state index contributed by atoms with van der Waals surface area (Å²) in [6.45, 7) is 1.96. The first-order valence-electron chi connectivity index (χ1n) is 6.19. The van der Waals surface area contributed by atoms with Gasteiger partial charge in [-0.05, 0) is 58.2 Å². The van der Waals surface area contributed by atoms with E-state index in [0.29, 0.717) is 20.9 Å². The van der Waals surface area contributed by atoms with Crippen molar-refractivity contribution in [1.29, 1.82) is 0 Å². The molecule has 0 fully saturated rings. The van der Waals surface area contributed by atoms with E-state index in [4.69, 9.17) is 17.3 Å². The zero-order valence-corrected chi connectivity index (χ0v) is 14.4. The largest absolute Gasteiger partial charge is 0.398 e. The van der Waals surface area contributed by atoms with Gasteiger partial charge < -0.3 is 5.73 Å². The Morgan fingerprint density at radius 1 is 1.24 bits per heavy atom. The van der Waals surface area contributed by atoms with E-state index in [-0.39, 0.29) is 4.90 Å². The molecule has 0 radical (unpaired) electrons. The summed E-state index contributed by atoms with van der Waals surface area (Å²) in [6, 6.07) is 9.59. The van der Waals surface area contributed by atoms with Crippen LogP contribution >= 0.6 is 27.5 Å². The van der Waals surface area contributed by atoms with Crippen LogP contribution < -0.4 is 10.5 Å². The Balaban J connectivity index is 2.38. The molecule has 21 heavy (non-hydrogen) atoms. The smallest absolute Gasteiger partial charge is 0.262 e. The quantitative estimate of drug-likeness (QED) is 0.775. The molecule has 4 nitrogen and oxygen atoms in total. The van der Waals surface area contributed by atoms with E-state index in [1.54, 1.807) is 18.2 Å². The molecule has 0 saturated heterocycles. The van der Waals surface area contributed by atoms with Crippen LogP contribution in [0.25, 0.3) is 0 Å². The van der Waals surface area contributed by atoms with E-state index in [0.717, 1.165) is 12.0 Å². The highest BCUT2D eigenvalue weighted by molar-refractivity contribution is 9.10. The highest BCUT2D eigenvalue weighted by Crippen LogP contribution is 2.28. The molecule has 0 saturated carbocycles. The zero-order valence-electron chi connectivity index (χ0n) is 11.2. The molecule has 0 aliphatic rings. The van der Waals surface area contributed by atoms with Gasteiger partial charge in [0.15, 0.2) is 0 Å². The van der Waals surface area contributed by atoms with Gasteiger partial charge >= 0.3 is 0 Å². The van der Waals surface area contributed by atoms with Gasteiger partial charge in [0.25, 0.3) is 10.0 Å². The van der Waals surface area contributed by atoms with Crippen LogP contribution in [0.4, 0.5) is 11.4 Å². The summed E-state index contributed by atoms with van der Waals surface area (Å²) in [5.41, 5.74) is 7.61. The van der Waals surface area contributed by atoms with Crippen LogP contribution in [0.15, 0.2) is 45.8 Å². The number of benzene rings is 2. The van der Waals surface area contributed by atoms with Crippen molar-refractivity contribution in [2.45, 2.75) is 18.2 Å². The van der Waals surface area contributed by atoms with Crippen LogP contribution in [0.3, 0.4) is 0 Å². The fraction of sp³-hybridized carbons (Fsp3) is 0.143. The van der Waals surface area contributed by atoms with E-state index in [1.807, 2.05) is 6.92 Å². The number of nitrogen functional groups attached to an aromatic ring is 1. The first kappa shape index (κ1) is 16.1. The van der Waals surface area contributed by atoms with Crippen LogP contribution in [-0.2, 0) is 16.4 Å². The minimum atomic E-state index is -3.72. The van der Waals surface area contributed by atoms with Crippen molar-refractivity contribution >= 4 is 48.9 Å². The number of hydrogen-bond acceptors (Lipinski definition) is 3. The Morgan fingerprint density at radius 3 is 2.57 bits per heavy atom. The number of halogens is 2. The third-order valence-corrected chi connectivity index (χ3v) is 5.27. The van der Waals surface area contributed by atoms with Gasteiger partial charge in [-0.3, -0.25) is 4.72 Å². The van der Waals surface area contributed by atoms with E-state index in [9.17, 15) is 8.42 Å². The monoisotopic (exact) mass is 388 g/mol. The maximum Gasteiger partial charge on any atom is 0.262 e. The third kappa shape index (κ3) is 3.70. The fourth-order valence-corrected chi connectivity index (χ4v) is 3.60. The van der Waals surface area contributed by atoms with Crippen molar-refractivity contribution < 1.29 is 8.42 Å². The molecule has 0 spiro atoms. The van der Waals surface area contributed by atoms with Crippen molar-refractivity contribution in [2.75, 3.05) is 10.5 Å². The standard InChI is InChI=1S/C14H14BrClN2O2S/c1-2-9-3-5-11(8-13(9)17)21(19,20)18-14-7-10(16)4-6-12(14)15/h3-8,18H,2,17H2,1H3. The summed E-state index contributed by atoms with van der Waals surface area (Å²) < 4.78 is 27.9. The Kier molecular flexibility index (Phi) is 4.81. The van der Waals surface area contributed by atoms with Gasteiger partial charge in [0, 0.05) is 15.2 Å². The fourth-order valence-electron chi connectivity index (χ4n) is 1.84. The molecular weight excluding hydrogens is 376 g/mol. The van der Waals surface area contributed by atoms with Gasteiger partial charge in [-0.2, -0.15) is 0 Å². The molecule has 0 aliphatic heterocycles. The van der Waals surface area contributed by atoms with Crippen LogP contribution in [-0.4, -0.2) is 8.42 Å². The predicted octanol–water partition coefficient (Wildman–Crippen LogP) is 4.05. The maximum atomic E-state index is 12.4. The molecule has 2 aromatic rings. The molecule has 0 unspecified atom stereocenters. The number of rotatable bonds is 4. The van der Waals surface area contributed by atoms with Crippen LogP contribution in [0, 0.1) is 0 Å². The van der Waals surface area contributed by atoms with Crippen LogP contribution in [0.2, 0.25) is 5.02 Å². The van der Waals surface area contributed by atoms with Crippen molar-refractivity contribution in [1.82, 2.24) is 0 Å². The zero-order chi connectivity index (χ0) is 15.6. The minimum absolute atomic E-state index is 0.115. The molecule has 0 aromatic heterocycles. The lowest BCUT2D eigenvalue weighted by atomic mass is 10.1. The second kappa shape index (κ2) is 6.25. The molecule has 7 heteroatoms. The molecule has 0 amide bonds. The van der Waals surface area contributed by atoms with E-state index in [2.05, 4.69) is 20.7 Å². The summed E-state index contributed by atoms with van der Waals surface area (Å²) in [4.78, 5) is 0.115. The summed E-state index contributed by atoms with van der Waals surface area (Å²) >= 11 is 9.16. The third-order valence-electron chi connectivity index (χ3n) is 2.98. The molecular formula is C14H14BrClN2O2S. The molecule has 0 bridgehead atoms. The highest BCUT2D eigenvalue weighted by Gasteiger charge is 2.17. The van der Waals surface area contributed by atoms with Gasteiger partial charge in [0.2, 0.25) is 0 Å². The average molecular weight is 390 g/mol. The Labute approximate surface area is 137 Å². The number of nitrogens with one attached hydrogen (secondary N) is 1. The average Bonchev–Trinajstić information content (AvgIpc) is 2.42. The van der Waals surface area contributed by atoms with E-state index in [1.165, 1.54) is 18.2 Å². The number of anilines is 2. The highest BCUT2D eigenvalue weighted by atomic mass is 79.9. The first-order valence-corrected chi connectivity index (χ1v) is 8.85. The Hall–Kier alpha value is -1.24. The maximum absolute atomic E-state index is 12.4. The topological polar surface area (TPSA) is 72.2 Å². The lowest BCUT2D eigenvalue weighted by Crippen LogP contribution is -2.14. The van der Waals surface area contributed by atoms with E-state index < -0.39 is 10.0 Å². The number of hydrogen-bond donors (Lipinski definition) is 2. The van der Waals surface area contributed by atoms with Gasteiger partial charge in [-0.25, -0.2) is 8.42 Å². The normalized spacial score (nSPS) is 11.4. The van der Waals surface area contributed by atoms with Crippen LogP contribution in [0.5, 0.6) is 0 Å². The molecule has 3 N–H and O–H groups in total. The molecule has 0 heterocycles. The van der Waals surface area contributed by atoms with Gasteiger partial charge in [0.05, 0.1) is 10.6 Å². The van der Waals surface area contributed by atoms with Crippen molar-refractivity contribution in [2.24, 2.45) is 0 Å². The van der Waals surface area contributed by atoms with Gasteiger partial charge in [-0.15, -0.1) is 0 Å². The molecule has 0 atom stereocenters. The number of aryl methyl sites for hydroxylation is 1. The predicted molar refractivity (Wildman–Crippen MR) is 90.2 cm³/mol. The van der Waals surface area contributed by atoms with Gasteiger partial charge in [-0.1, -0.05) is 24.6 Å². The molecule has 2 rings (SSSR count). The summed E-state index contributed by atoms with van der Waals surface area (Å²) in [7, 11) is -3.72. The number of nitrogens with two attached hydrogens (primary N) is 1. The molecule has 112 valence electrons. The lowest BCUT2D eigenvalue weighted by Gasteiger charge is -2.11. The van der Waals surface area contributed by atoms with Crippen molar-refractivity contribution in [3.63, 3.8) is 0 Å². The summed E-state index contributed by atoms with van der Waals surface area (Å²) in [5.74, 6) is 0. The SMILES string of the molecule is CCc1ccc(S(=O)(=O)Nc2cc(Cl)ccc2Br)cc1N. The summed E-state index contributed by atoms with van der Waals surface area (Å²) in [6.07, 6.45) is 0.749. The molecule has 2 aromatic carbocycles.